The predicted molar refractivity (Wildman–Crippen MR) is 38.0 cm³/mol. The highest BCUT2D eigenvalue weighted by molar-refractivity contribution is 5.73. The Balaban J connectivity index is 3.71. The zero-order valence-corrected chi connectivity index (χ0v) is 5.34. The van der Waals surface area contributed by atoms with Crippen LogP contribution in [0.25, 0.3) is 0 Å². The monoisotopic (exact) mass is 125 g/mol. The van der Waals surface area contributed by atoms with E-state index in [1.165, 1.54) is 0 Å². The summed E-state index contributed by atoms with van der Waals surface area (Å²) in [6.45, 7) is 6.93. The first-order valence-corrected chi connectivity index (χ1v) is 2.72. The number of nitrogens with two attached hydrogens (primary N) is 1. The fraction of sp³-hybridized carbons (Fsp3) is 0.286. The van der Waals surface area contributed by atoms with Gasteiger partial charge in [-0.2, -0.15) is 0 Å². The van der Waals surface area contributed by atoms with Crippen molar-refractivity contribution in [2.75, 3.05) is 0 Å². The van der Waals surface area contributed by atoms with Crippen molar-refractivity contribution in [3.8, 4) is 0 Å². The van der Waals surface area contributed by atoms with Gasteiger partial charge in [0.05, 0.1) is 0 Å². The van der Waals surface area contributed by atoms with E-state index in [-0.39, 0.29) is 6.04 Å². The summed E-state index contributed by atoms with van der Waals surface area (Å²) in [4.78, 5) is 10.0. The van der Waals surface area contributed by atoms with Crippen molar-refractivity contribution in [1.29, 1.82) is 0 Å². The average molecular weight is 125 g/mol. The fourth-order valence-electron chi connectivity index (χ4n) is 0.418. The molecule has 0 radical (unpaired) electrons. The second kappa shape index (κ2) is 4.04. The van der Waals surface area contributed by atoms with Gasteiger partial charge >= 0.3 is 0 Å². The summed E-state index contributed by atoms with van der Waals surface area (Å²) < 4.78 is 0. The van der Waals surface area contributed by atoms with Gasteiger partial charge in [0.15, 0.2) is 0 Å². The van der Waals surface area contributed by atoms with E-state index in [0.717, 1.165) is 0 Å². The lowest BCUT2D eigenvalue weighted by molar-refractivity contribution is -0.105. The van der Waals surface area contributed by atoms with E-state index in [0.29, 0.717) is 18.3 Å². The Morgan fingerprint density at radius 3 is 2.67 bits per heavy atom. The van der Waals surface area contributed by atoms with Crippen LogP contribution >= 0.6 is 0 Å². The summed E-state index contributed by atoms with van der Waals surface area (Å²) in [5, 5.41) is 0. The van der Waals surface area contributed by atoms with Gasteiger partial charge < -0.3 is 5.73 Å². The molecule has 1 unspecified atom stereocenters. The molecular weight excluding hydrogens is 114 g/mol. The van der Waals surface area contributed by atoms with E-state index in [2.05, 4.69) is 13.2 Å². The maximum Gasteiger partial charge on any atom is 0.147 e. The zero-order chi connectivity index (χ0) is 7.28. The molecule has 0 aromatic rings. The van der Waals surface area contributed by atoms with E-state index in [1.54, 1.807) is 6.08 Å². The lowest BCUT2D eigenvalue weighted by Gasteiger charge is -2.04. The molecule has 2 nitrogen and oxygen atoms in total. The molecule has 0 rings (SSSR count). The van der Waals surface area contributed by atoms with Crippen LogP contribution in [-0.2, 0) is 4.79 Å². The summed E-state index contributed by atoms with van der Waals surface area (Å²) in [7, 11) is 0. The molecule has 0 aromatic heterocycles. The largest absolute Gasteiger partial charge is 0.324 e. The number of hydrogen-bond acceptors (Lipinski definition) is 2. The second-order valence-electron chi connectivity index (χ2n) is 1.82. The highest BCUT2D eigenvalue weighted by atomic mass is 16.1. The fourth-order valence-corrected chi connectivity index (χ4v) is 0.418. The van der Waals surface area contributed by atoms with Gasteiger partial charge in [-0.15, -0.1) is 6.58 Å². The minimum Gasteiger partial charge on any atom is -0.324 e. The van der Waals surface area contributed by atoms with Gasteiger partial charge in [-0.3, -0.25) is 4.79 Å². The Morgan fingerprint density at radius 2 is 2.33 bits per heavy atom. The predicted octanol–water partition coefficient (Wildman–Crippen LogP) is 0.645. The van der Waals surface area contributed by atoms with Crippen molar-refractivity contribution in [2.24, 2.45) is 5.73 Å². The number of hydrogen-bond donors (Lipinski definition) is 1. The molecule has 0 saturated heterocycles. The molecule has 0 spiro atoms. The molecule has 1 atom stereocenters. The van der Waals surface area contributed by atoms with E-state index in [9.17, 15) is 4.79 Å². The topological polar surface area (TPSA) is 43.1 Å². The average Bonchev–Trinajstić information content (AvgIpc) is 1.87. The van der Waals surface area contributed by atoms with Crippen LogP contribution in [0.2, 0.25) is 0 Å². The standard InChI is InChI=1S/C7H11NO/c1-3-4-7(8)6(2)5-9/h3,5,7H,1-2,4,8H2. The molecule has 0 aromatic carbocycles. The lowest BCUT2D eigenvalue weighted by Crippen LogP contribution is -2.21. The number of carbonyl (C=O) groups excluding carboxylic acids is 1. The normalized spacial score (nSPS) is 12.1. The molecule has 0 aliphatic heterocycles. The van der Waals surface area contributed by atoms with Crippen molar-refractivity contribution in [3.63, 3.8) is 0 Å². The zero-order valence-electron chi connectivity index (χ0n) is 5.34. The van der Waals surface area contributed by atoms with E-state index in [4.69, 9.17) is 5.73 Å². The van der Waals surface area contributed by atoms with E-state index < -0.39 is 0 Å². The maximum absolute atomic E-state index is 10.0. The quantitative estimate of drug-likeness (QED) is 0.340. The summed E-state index contributed by atoms with van der Waals surface area (Å²) in [5.74, 6) is 0. The van der Waals surface area contributed by atoms with Gasteiger partial charge in [0.2, 0.25) is 0 Å². The van der Waals surface area contributed by atoms with Crippen molar-refractivity contribution >= 4 is 6.29 Å². The minimum absolute atomic E-state index is 0.250. The molecular formula is C7H11NO. The molecule has 0 amide bonds. The molecule has 0 bridgehead atoms. The van der Waals surface area contributed by atoms with Crippen LogP contribution < -0.4 is 5.73 Å². The summed E-state index contributed by atoms with van der Waals surface area (Å²) in [5.41, 5.74) is 5.86. The SMILES string of the molecule is C=CCC(N)C(=C)C=O. The van der Waals surface area contributed by atoms with Crippen LogP contribution in [0.5, 0.6) is 0 Å². The van der Waals surface area contributed by atoms with Gasteiger partial charge in [0.25, 0.3) is 0 Å². The Labute approximate surface area is 55.1 Å². The van der Waals surface area contributed by atoms with Crippen LogP contribution in [0, 0.1) is 0 Å². The third-order valence-corrected chi connectivity index (χ3v) is 1.05. The lowest BCUT2D eigenvalue weighted by atomic mass is 10.1. The van der Waals surface area contributed by atoms with Gasteiger partial charge in [-0.25, -0.2) is 0 Å². The summed E-state index contributed by atoms with van der Waals surface area (Å²) in [6.07, 6.45) is 2.95. The molecule has 0 heterocycles. The van der Waals surface area contributed by atoms with Gasteiger partial charge in [-0.1, -0.05) is 12.7 Å². The maximum atomic E-state index is 10.0. The van der Waals surface area contributed by atoms with Crippen LogP contribution in [0.1, 0.15) is 6.42 Å². The van der Waals surface area contributed by atoms with Crippen molar-refractivity contribution in [2.45, 2.75) is 12.5 Å². The smallest absolute Gasteiger partial charge is 0.147 e. The van der Waals surface area contributed by atoms with Crippen molar-refractivity contribution in [3.05, 3.63) is 24.8 Å². The van der Waals surface area contributed by atoms with Gasteiger partial charge in [0, 0.05) is 11.6 Å². The van der Waals surface area contributed by atoms with Crippen molar-refractivity contribution < 1.29 is 4.79 Å². The van der Waals surface area contributed by atoms with Crippen LogP contribution in [0.15, 0.2) is 24.8 Å². The van der Waals surface area contributed by atoms with Crippen LogP contribution in [0.3, 0.4) is 0 Å². The first kappa shape index (κ1) is 8.11. The first-order chi connectivity index (χ1) is 4.22. The Bertz CT molecular complexity index is 129. The summed E-state index contributed by atoms with van der Waals surface area (Å²) in [6, 6.07) is -0.250. The van der Waals surface area contributed by atoms with Crippen LogP contribution in [0.4, 0.5) is 0 Å². The molecule has 0 saturated carbocycles. The Morgan fingerprint density at radius 1 is 1.78 bits per heavy atom. The molecule has 50 valence electrons. The molecule has 0 fully saturated rings. The van der Waals surface area contributed by atoms with Crippen LogP contribution in [-0.4, -0.2) is 12.3 Å². The van der Waals surface area contributed by atoms with Crippen molar-refractivity contribution in [1.82, 2.24) is 0 Å². The number of carbonyl (C=O) groups is 1. The third-order valence-electron chi connectivity index (χ3n) is 1.05. The third kappa shape index (κ3) is 2.82. The highest BCUT2D eigenvalue weighted by Gasteiger charge is 2.01. The van der Waals surface area contributed by atoms with E-state index in [1.807, 2.05) is 0 Å². The Hall–Kier alpha value is -0.890. The van der Waals surface area contributed by atoms with Gasteiger partial charge in [0.1, 0.15) is 6.29 Å². The number of aldehydes is 1. The molecule has 9 heavy (non-hydrogen) atoms. The van der Waals surface area contributed by atoms with E-state index >= 15 is 0 Å². The Kier molecular flexibility index (Phi) is 3.64. The molecule has 0 aliphatic rings. The first-order valence-electron chi connectivity index (χ1n) is 2.72. The second-order valence-corrected chi connectivity index (χ2v) is 1.82. The summed E-state index contributed by atoms with van der Waals surface area (Å²) >= 11 is 0. The molecule has 2 N–H and O–H groups in total. The molecule has 0 aliphatic carbocycles. The highest BCUT2D eigenvalue weighted by Crippen LogP contribution is 1.97. The van der Waals surface area contributed by atoms with Gasteiger partial charge in [-0.05, 0) is 6.42 Å². The number of rotatable bonds is 4. The minimum atomic E-state index is -0.250. The molecule has 2 heteroatoms.